The third kappa shape index (κ3) is 2.51. The van der Waals surface area contributed by atoms with E-state index >= 15 is 0 Å². The topological polar surface area (TPSA) is 111 Å². The molecule has 9 heteroatoms. The predicted octanol–water partition coefficient (Wildman–Crippen LogP) is 1.06. The fourth-order valence-corrected chi connectivity index (χ4v) is 3.55. The van der Waals surface area contributed by atoms with Crippen LogP contribution in [-0.2, 0) is 0 Å². The molecule has 4 atom stereocenters. The molecule has 1 aromatic carbocycles. The summed E-state index contributed by atoms with van der Waals surface area (Å²) in [6, 6.07) is 5.46. The SMILES string of the molecule is C[C@H]1NC(=O)N(C)[C@@H]2NC(=O)N(C)C(c3ccc(N([O-])O)cc3)[C@H]21. The Kier molecular flexibility index (Phi) is 3.98. The number of urea groups is 2. The van der Waals surface area contributed by atoms with E-state index in [4.69, 9.17) is 5.21 Å². The molecule has 2 aliphatic rings. The number of carbonyl (C=O) groups excluding carboxylic acids is 2. The molecule has 3 N–H and O–H groups in total. The van der Waals surface area contributed by atoms with Crippen molar-refractivity contribution in [1.82, 2.24) is 20.4 Å². The van der Waals surface area contributed by atoms with Crippen molar-refractivity contribution in [1.29, 1.82) is 0 Å². The molecule has 24 heavy (non-hydrogen) atoms. The number of rotatable bonds is 2. The lowest BCUT2D eigenvalue weighted by atomic mass is 9.81. The highest BCUT2D eigenvalue weighted by Gasteiger charge is 2.49. The first kappa shape index (κ1) is 16.3. The number of fused-ring (bicyclic) bond motifs is 1. The molecule has 130 valence electrons. The molecule has 0 radical (unpaired) electrons. The summed E-state index contributed by atoms with van der Waals surface area (Å²) in [6.07, 6.45) is -0.420. The summed E-state index contributed by atoms with van der Waals surface area (Å²) in [5, 5.41) is 25.5. The zero-order valence-electron chi connectivity index (χ0n) is 13.6. The smallest absolute Gasteiger partial charge is 0.319 e. The zero-order valence-corrected chi connectivity index (χ0v) is 13.6. The normalized spacial score (nSPS) is 29.7. The van der Waals surface area contributed by atoms with Crippen LogP contribution in [-0.4, -0.2) is 53.4 Å². The lowest BCUT2D eigenvalue weighted by molar-refractivity contribution is 0.0248. The van der Waals surface area contributed by atoms with Crippen LogP contribution in [0.4, 0.5) is 15.3 Å². The van der Waals surface area contributed by atoms with E-state index in [9.17, 15) is 14.8 Å². The number of amides is 4. The van der Waals surface area contributed by atoms with Gasteiger partial charge in [-0.15, -0.1) is 0 Å². The van der Waals surface area contributed by atoms with Gasteiger partial charge in [0.15, 0.2) is 0 Å². The Labute approximate surface area is 139 Å². The Morgan fingerprint density at radius 2 is 1.67 bits per heavy atom. The fraction of sp³-hybridized carbons (Fsp3) is 0.467. The van der Waals surface area contributed by atoms with Gasteiger partial charge in [-0.1, -0.05) is 12.1 Å². The second-order valence-electron chi connectivity index (χ2n) is 6.24. The number of carbonyl (C=O) groups is 2. The number of benzene rings is 1. The lowest BCUT2D eigenvalue weighted by Crippen LogP contribution is -2.71. The van der Waals surface area contributed by atoms with Gasteiger partial charge in [0.25, 0.3) is 0 Å². The van der Waals surface area contributed by atoms with Crippen molar-refractivity contribution in [2.75, 3.05) is 19.3 Å². The summed E-state index contributed by atoms with van der Waals surface area (Å²) >= 11 is 0. The Morgan fingerprint density at radius 1 is 1.08 bits per heavy atom. The van der Waals surface area contributed by atoms with Crippen LogP contribution in [0.2, 0.25) is 0 Å². The van der Waals surface area contributed by atoms with E-state index in [-0.39, 0.29) is 41.0 Å². The van der Waals surface area contributed by atoms with Crippen LogP contribution in [0.5, 0.6) is 0 Å². The molecule has 4 amide bonds. The summed E-state index contributed by atoms with van der Waals surface area (Å²) in [5.74, 6) is -0.0845. The first-order valence-electron chi connectivity index (χ1n) is 7.64. The fourth-order valence-electron chi connectivity index (χ4n) is 3.55. The molecule has 0 bridgehead atoms. The molecule has 0 aromatic heterocycles. The molecule has 2 aliphatic heterocycles. The quantitative estimate of drug-likeness (QED) is 0.700. The molecule has 0 aliphatic carbocycles. The van der Waals surface area contributed by atoms with E-state index in [0.29, 0.717) is 0 Å². The molecule has 0 saturated carbocycles. The Bertz CT molecular complexity index is 650. The van der Waals surface area contributed by atoms with Crippen molar-refractivity contribution < 1.29 is 14.8 Å². The molecule has 3 rings (SSSR count). The number of nitrogens with one attached hydrogen (secondary N) is 2. The second-order valence-corrected chi connectivity index (χ2v) is 6.24. The monoisotopic (exact) mass is 334 g/mol. The highest BCUT2D eigenvalue weighted by atomic mass is 16.8. The maximum absolute atomic E-state index is 12.3. The molecule has 2 heterocycles. The number of nitrogens with zero attached hydrogens (tertiary/aromatic N) is 3. The molecular weight excluding hydrogens is 314 g/mol. The Morgan fingerprint density at radius 3 is 2.25 bits per heavy atom. The van der Waals surface area contributed by atoms with Crippen molar-refractivity contribution in [2.45, 2.75) is 25.2 Å². The van der Waals surface area contributed by atoms with Crippen molar-refractivity contribution in [3.8, 4) is 0 Å². The van der Waals surface area contributed by atoms with Crippen molar-refractivity contribution in [2.24, 2.45) is 5.92 Å². The van der Waals surface area contributed by atoms with Gasteiger partial charge in [0.2, 0.25) is 0 Å². The molecule has 2 saturated heterocycles. The molecule has 2 fully saturated rings. The lowest BCUT2D eigenvalue weighted by Gasteiger charge is -2.52. The highest BCUT2D eigenvalue weighted by molar-refractivity contribution is 5.80. The maximum Gasteiger partial charge on any atom is 0.319 e. The van der Waals surface area contributed by atoms with Crippen LogP contribution in [0.15, 0.2) is 24.3 Å². The highest BCUT2D eigenvalue weighted by Crippen LogP contribution is 2.38. The van der Waals surface area contributed by atoms with Gasteiger partial charge < -0.3 is 30.9 Å². The molecular formula is C15H20N5O4-. The summed E-state index contributed by atoms with van der Waals surface area (Å²) in [6.45, 7) is 1.91. The molecule has 1 aromatic rings. The van der Waals surface area contributed by atoms with E-state index in [1.807, 2.05) is 6.92 Å². The van der Waals surface area contributed by atoms with Gasteiger partial charge in [-0.3, -0.25) is 5.21 Å². The summed E-state index contributed by atoms with van der Waals surface area (Å²) in [4.78, 5) is 27.4. The molecule has 1 unspecified atom stereocenters. The predicted molar refractivity (Wildman–Crippen MR) is 86.1 cm³/mol. The van der Waals surface area contributed by atoms with Crippen molar-refractivity contribution in [3.63, 3.8) is 0 Å². The van der Waals surface area contributed by atoms with E-state index < -0.39 is 6.17 Å². The summed E-state index contributed by atoms with van der Waals surface area (Å²) in [5.41, 5.74) is 0.935. The van der Waals surface area contributed by atoms with E-state index in [1.54, 1.807) is 31.1 Å². The van der Waals surface area contributed by atoms with Crippen LogP contribution >= 0.6 is 0 Å². The van der Waals surface area contributed by atoms with Crippen LogP contribution in [0.3, 0.4) is 0 Å². The Hall–Kier alpha value is -2.52. The van der Waals surface area contributed by atoms with Crippen molar-refractivity contribution in [3.05, 3.63) is 35.0 Å². The van der Waals surface area contributed by atoms with Gasteiger partial charge in [0, 0.05) is 26.1 Å². The van der Waals surface area contributed by atoms with E-state index in [0.717, 1.165) is 5.56 Å². The van der Waals surface area contributed by atoms with Crippen LogP contribution < -0.4 is 15.9 Å². The van der Waals surface area contributed by atoms with Gasteiger partial charge in [-0.2, -0.15) is 0 Å². The standard InChI is InChI=1S/C15H20N5O4/c1-8-11-12(9-4-6-10(7-5-9)20(23)24)18(2)15(22)17-13(11)19(3)14(21)16-8/h4-8,11-13,23H,1-3H3,(H,16,21)(H,17,22)/q-1/t8-,11-,12?,13+/m1/s1. The minimum Gasteiger partial charge on any atom is -0.733 e. The van der Waals surface area contributed by atoms with Gasteiger partial charge in [0.1, 0.15) is 6.17 Å². The Balaban J connectivity index is 1.99. The number of anilines is 1. The largest absolute Gasteiger partial charge is 0.733 e. The van der Waals surface area contributed by atoms with Gasteiger partial charge in [-0.25, -0.2) is 9.59 Å². The average Bonchev–Trinajstić information content (AvgIpc) is 2.54. The first-order valence-corrected chi connectivity index (χ1v) is 7.64. The van der Waals surface area contributed by atoms with E-state index in [1.165, 1.54) is 17.0 Å². The first-order chi connectivity index (χ1) is 11.3. The summed E-state index contributed by atoms with van der Waals surface area (Å²) in [7, 11) is 3.34. The molecule has 0 spiro atoms. The van der Waals surface area contributed by atoms with Gasteiger partial charge in [-0.05, 0) is 24.6 Å². The van der Waals surface area contributed by atoms with Gasteiger partial charge >= 0.3 is 12.1 Å². The number of hydrogen-bond acceptors (Lipinski definition) is 5. The van der Waals surface area contributed by atoms with Crippen molar-refractivity contribution >= 4 is 17.7 Å². The van der Waals surface area contributed by atoms with E-state index in [2.05, 4.69) is 10.6 Å². The van der Waals surface area contributed by atoms with Crippen LogP contribution in [0.1, 0.15) is 18.5 Å². The zero-order chi connectivity index (χ0) is 17.6. The third-order valence-electron chi connectivity index (χ3n) is 4.86. The number of hydrogen-bond donors (Lipinski definition) is 3. The molecule has 9 nitrogen and oxygen atoms in total. The minimum absolute atomic E-state index is 0.0845. The third-order valence-corrected chi connectivity index (χ3v) is 4.86. The van der Waals surface area contributed by atoms with Gasteiger partial charge in [0.05, 0.1) is 11.7 Å². The van der Waals surface area contributed by atoms with Crippen LogP contribution in [0, 0.1) is 11.1 Å². The second kappa shape index (κ2) is 5.84. The average molecular weight is 334 g/mol. The minimum atomic E-state index is -0.420. The summed E-state index contributed by atoms with van der Waals surface area (Å²) < 4.78 is 0. The maximum atomic E-state index is 12.3. The van der Waals surface area contributed by atoms with Crippen LogP contribution in [0.25, 0.3) is 0 Å².